The number of amides is 2. The molecule has 3 rings (SSSR count). The van der Waals surface area contributed by atoms with Crippen LogP contribution in [0.1, 0.15) is 41.0 Å². The molecule has 2 N–H and O–H groups in total. The van der Waals surface area contributed by atoms with E-state index in [9.17, 15) is 14.0 Å². The fraction of sp³-hybridized carbons (Fsp3) is 0.389. The maximum absolute atomic E-state index is 13.1. The minimum atomic E-state index is -0.391. The van der Waals surface area contributed by atoms with Crippen LogP contribution in [0.3, 0.4) is 0 Å². The van der Waals surface area contributed by atoms with Crippen molar-refractivity contribution >= 4 is 23.2 Å². The number of halogens is 1. The summed E-state index contributed by atoms with van der Waals surface area (Å²) in [5, 5.41) is 0.685. The first-order valence-corrected chi connectivity index (χ1v) is 9.10. The van der Waals surface area contributed by atoms with E-state index in [1.54, 1.807) is 24.0 Å². The summed E-state index contributed by atoms with van der Waals surface area (Å²) in [4.78, 5) is 31.1. The smallest absolute Gasteiger partial charge is 0.266 e. The van der Waals surface area contributed by atoms with Gasteiger partial charge in [0.1, 0.15) is 15.7 Å². The number of hydrogen-bond donors (Lipinski definition) is 1. The van der Waals surface area contributed by atoms with Gasteiger partial charge in [-0.15, -0.1) is 11.3 Å². The molecule has 1 aromatic carbocycles. The molecule has 1 aliphatic heterocycles. The third-order valence-corrected chi connectivity index (χ3v) is 5.60. The SMILES string of the molecule is Cc1nc(-c2ccc(F)cc2)sc1C(=O)N1CCCCC1CC(N)=O. The number of thiazole rings is 1. The van der Waals surface area contributed by atoms with Crippen LogP contribution in [0.4, 0.5) is 4.39 Å². The summed E-state index contributed by atoms with van der Waals surface area (Å²) in [6, 6.07) is 5.91. The monoisotopic (exact) mass is 361 g/mol. The zero-order valence-electron chi connectivity index (χ0n) is 14.0. The number of piperidine rings is 1. The van der Waals surface area contributed by atoms with Crippen LogP contribution in [0.2, 0.25) is 0 Å². The number of aryl methyl sites for hydroxylation is 1. The van der Waals surface area contributed by atoms with Crippen molar-refractivity contribution < 1.29 is 14.0 Å². The lowest BCUT2D eigenvalue weighted by Crippen LogP contribution is -2.45. The molecule has 0 spiro atoms. The first-order chi connectivity index (χ1) is 12.0. The minimum Gasteiger partial charge on any atom is -0.370 e. The van der Waals surface area contributed by atoms with Gasteiger partial charge in [-0.1, -0.05) is 0 Å². The number of hydrogen-bond acceptors (Lipinski definition) is 4. The van der Waals surface area contributed by atoms with Gasteiger partial charge in [-0.3, -0.25) is 9.59 Å². The second-order valence-corrected chi connectivity index (χ2v) is 7.26. The Labute approximate surface area is 149 Å². The van der Waals surface area contributed by atoms with E-state index in [1.165, 1.54) is 23.5 Å². The third-order valence-electron chi connectivity index (χ3n) is 4.41. The summed E-state index contributed by atoms with van der Waals surface area (Å²) in [7, 11) is 0. The zero-order valence-corrected chi connectivity index (χ0v) is 14.8. The van der Waals surface area contributed by atoms with Crippen LogP contribution in [0, 0.1) is 12.7 Å². The van der Waals surface area contributed by atoms with E-state index in [4.69, 9.17) is 5.73 Å². The molecule has 1 aliphatic rings. The van der Waals surface area contributed by atoms with Gasteiger partial charge in [-0.2, -0.15) is 0 Å². The Bertz CT molecular complexity index is 788. The maximum Gasteiger partial charge on any atom is 0.266 e. The van der Waals surface area contributed by atoms with Crippen LogP contribution in [0.5, 0.6) is 0 Å². The number of rotatable bonds is 4. The van der Waals surface area contributed by atoms with Gasteiger partial charge in [0.25, 0.3) is 5.91 Å². The van der Waals surface area contributed by atoms with Crippen molar-refractivity contribution in [3.05, 3.63) is 40.7 Å². The molecule has 2 amide bonds. The number of nitrogens with two attached hydrogens (primary N) is 1. The number of benzene rings is 1. The van der Waals surface area contributed by atoms with Crippen molar-refractivity contribution in [1.29, 1.82) is 0 Å². The molecule has 2 aromatic rings. The van der Waals surface area contributed by atoms with Gasteiger partial charge in [-0.05, 0) is 50.5 Å². The molecule has 0 bridgehead atoms. The summed E-state index contributed by atoms with van der Waals surface area (Å²) >= 11 is 1.30. The molecule has 1 atom stereocenters. The van der Waals surface area contributed by atoms with Crippen LogP contribution in [0.25, 0.3) is 10.6 Å². The lowest BCUT2D eigenvalue weighted by molar-refractivity contribution is -0.119. The molecule has 0 aliphatic carbocycles. The van der Waals surface area contributed by atoms with E-state index >= 15 is 0 Å². The molecule has 5 nitrogen and oxygen atoms in total. The normalized spacial score (nSPS) is 17.5. The Hall–Kier alpha value is -2.28. The first kappa shape index (κ1) is 17.5. The quantitative estimate of drug-likeness (QED) is 0.909. The lowest BCUT2D eigenvalue weighted by Gasteiger charge is -2.35. The highest BCUT2D eigenvalue weighted by atomic mass is 32.1. The Balaban J connectivity index is 1.86. The number of likely N-dealkylation sites (tertiary alicyclic amines) is 1. The van der Waals surface area contributed by atoms with Crippen LogP contribution < -0.4 is 5.73 Å². The van der Waals surface area contributed by atoms with Gasteiger partial charge >= 0.3 is 0 Å². The van der Waals surface area contributed by atoms with Crippen molar-refractivity contribution in [3.8, 4) is 10.6 Å². The molecular weight excluding hydrogens is 341 g/mol. The molecule has 0 radical (unpaired) electrons. The van der Waals surface area contributed by atoms with E-state index < -0.39 is 5.91 Å². The topological polar surface area (TPSA) is 76.3 Å². The van der Waals surface area contributed by atoms with E-state index in [0.717, 1.165) is 24.8 Å². The van der Waals surface area contributed by atoms with E-state index in [0.29, 0.717) is 22.1 Å². The molecule has 132 valence electrons. The Morgan fingerprint density at radius 3 is 2.72 bits per heavy atom. The van der Waals surface area contributed by atoms with Gasteiger partial charge in [0.15, 0.2) is 0 Å². The highest BCUT2D eigenvalue weighted by molar-refractivity contribution is 7.17. The molecule has 1 unspecified atom stereocenters. The predicted molar refractivity (Wildman–Crippen MR) is 94.7 cm³/mol. The van der Waals surface area contributed by atoms with Crippen LogP contribution in [-0.4, -0.2) is 34.3 Å². The standard InChI is InChI=1S/C18H20FN3O2S/c1-11-16(25-17(21-11)12-5-7-13(19)8-6-12)18(24)22-9-3-2-4-14(22)10-15(20)23/h5-8,14H,2-4,9-10H2,1H3,(H2,20,23). The average molecular weight is 361 g/mol. The lowest BCUT2D eigenvalue weighted by atomic mass is 9.98. The average Bonchev–Trinajstić information content (AvgIpc) is 2.96. The third kappa shape index (κ3) is 3.87. The Morgan fingerprint density at radius 1 is 1.32 bits per heavy atom. The second-order valence-electron chi connectivity index (χ2n) is 6.26. The zero-order chi connectivity index (χ0) is 18.0. The summed E-state index contributed by atoms with van der Waals surface area (Å²) in [5.74, 6) is -0.803. The van der Waals surface area contributed by atoms with Crippen LogP contribution in [0.15, 0.2) is 24.3 Å². The molecule has 0 saturated carbocycles. The maximum atomic E-state index is 13.1. The highest BCUT2D eigenvalue weighted by Crippen LogP contribution is 2.31. The van der Waals surface area contributed by atoms with Gasteiger partial charge in [0, 0.05) is 24.6 Å². The Morgan fingerprint density at radius 2 is 2.04 bits per heavy atom. The fourth-order valence-electron chi connectivity index (χ4n) is 3.15. The second kappa shape index (κ2) is 7.31. The summed E-state index contributed by atoms with van der Waals surface area (Å²) in [6.45, 7) is 2.42. The largest absolute Gasteiger partial charge is 0.370 e. The fourth-order valence-corrected chi connectivity index (χ4v) is 4.18. The number of nitrogens with zero attached hydrogens (tertiary/aromatic N) is 2. The van der Waals surface area contributed by atoms with E-state index in [1.807, 2.05) is 0 Å². The first-order valence-electron chi connectivity index (χ1n) is 8.28. The number of carbonyl (C=O) groups excluding carboxylic acids is 2. The number of primary amides is 1. The molecule has 7 heteroatoms. The van der Waals surface area contributed by atoms with Crippen molar-refractivity contribution in [2.24, 2.45) is 5.73 Å². The van der Waals surface area contributed by atoms with Gasteiger partial charge < -0.3 is 10.6 Å². The highest BCUT2D eigenvalue weighted by Gasteiger charge is 2.30. The van der Waals surface area contributed by atoms with E-state index in [-0.39, 0.29) is 24.2 Å². The number of aromatic nitrogens is 1. The predicted octanol–water partition coefficient (Wildman–Crippen LogP) is 3.13. The van der Waals surface area contributed by atoms with Crippen molar-refractivity contribution in [1.82, 2.24) is 9.88 Å². The van der Waals surface area contributed by atoms with Crippen LogP contribution in [-0.2, 0) is 4.79 Å². The van der Waals surface area contributed by atoms with Gasteiger partial charge in [0.05, 0.1) is 5.69 Å². The van der Waals surface area contributed by atoms with Crippen molar-refractivity contribution in [2.75, 3.05) is 6.54 Å². The van der Waals surface area contributed by atoms with Crippen molar-refractivity contribution in [3.63, 3.8) is 0 Å². The molecule has 1 saturated heterocycles. The van der Waals surface area contributed by atoms with Gasteiger partial charge in [0.2, 0.25) is 5.91 Å². The molecule has 1 aromatic heterocycles. The van der Waals surface area contributed by atoms with Gasteiger partial charge in [-0.25, -0.2) is 9.37 Å². The molecule has 1 fully saturated rings. The van der Waals surface area contributed by atoms with Crippen LogP contribution >= 0.6 is 11.3 Å². The molecular formula is C18H20FN3O2S. The Kier molecular flexibility index (Phi) is 5.13. The summed E-state index contributed by atoms with van der Waals surface area (Å²) < 4.78 is 13.1. The summed E-state index contributed by atoms with van der Waals surface area (Å²) in [5.41, 5.74) is 6.76. The molecule has 25 heavy (non-hydrogen) atoms. The number of carbonyl (C=O) groups is 2. The van der Waals surface area contributed by atoms with Crippen molar-refractivity contribution in [2.45, 2.75) is 38.6 Å². The molecule has 2 heterocycles. The minimum absolute atomic E-state index is 0.102. The summed E-state index contributed by atoms with van der Waals surface area (Å²) in [6.07, 6.45) is 2.89. The van der Waals surface area contributed by atoms with E-state index in [2.05, 4.69) is 4.98 Å².